The van der Waals surface area contributed by atoms with Crippen molar-refractivity contribution in [2.24, 2.45) is 7.05 Å². The van der Waals surface area contributed by atoms with Gasteiger partial charge >= 0.3 is 0 Å². The first-order chi connectivity index (χ1) is 13.9. The van der Waals surface area contributed by atoms with E-state index in [1.54, 1.807) is 10.9 Å². The maximum Gasteiger partial charge on any atom is 0.252 e. The van der Waals surface area contributed by atoms with Crippen LogP contribution in [0.5, 0.6) is 0 Å². The van der Waals surface area contributed by atoms with Crippen LogP contribution in [-0.2, 0) is 7.05 Å². The van der Waals surface area contributed by atoms with Gasteiger partial charge in [-0.05, 0) is 51.1 Å². The van der Waals surface area contributed by atoms with Crippen LogP contribution in [0.4, 0.5) is 0 Å². The Morgan fingerprint density at radius 3 is 2.62 bits per heavy atom. The Morgan fingerprint density at radius 2 is 1.93 bits per heavy atom. The van der Waals surface area contributed by atoms with Crippen LogP contribution in [0, 0.1) is 13.8 Å². The van der Waals surface area contributed by atoms with Crippen molar-refractivity contribution in [3.63, 3.8) is 0 Å². The van der Waals surface area contributed by atoms with Crippen molar-refractivity contribution in [1.29, 1.82) is 0 Å². The molecule has 6 nitrogen and oxygen atoms in total. The Labute approximate surface area is 169 Å². The molecule has 1 N–H and O–H groups in total. The highest BCUT2D eigenvalue weighted by Crippen LogP contribution is 2.26. The smallest absolute Gasteiger partial charge is 0.252 e. The number of hydrogen-bond acceptors (Lipinski definition) is 4. The zero-order valence-corrected chi connectivity index (χ0v) is 17.0. The second kappa shape index (κ2) is 7.47. The van der Waals surface area contributed by atoms with E-state index < -0.39 is 0 Å². The SMILES string of the molecule is Cc1ccc2nc(-c3ccccn3)cc(C(=O)N[C@H](C)c3cn(C)nc3C)c2c1. The van der Waals surface area contributed by atoms with Gasteiger partial charge in [-0.15, -0.1) is 0 Å². The number of hydrogen-bond donors (Lipinski definition) is 1. The van der Waals surface area contributed by atoms with Crippen molar-refractivity contribution in [2.75, 3.05) is 0 Å². The highest BCUT2D eigenvalue weighted by Gasteiger charge is 2.19. The molecule has 146 valence electrons. The molecule has 29 heavy (non-hydrogen) atoms. The third-order valence-corrected chi connectivity index (χ3v) is 5.00. The van der Waals surface area contributed by atoms with Crippen molar-refractivity contribution >= 4 is 16.8 Å². The first-order valence-corrected chi connectivity index (χ1v) is 9.56. The number of carbonyl (C=O) groups is 1. The third kappa shape index (κ3) is 3.74. The van der Waals surface area contributed by atoms with E-state index in [0.717, 1.165) is 33.4 Å². The minimum Gasteiger partial charge on any atom is -0.345 e. The van der Waals surface area contributed by atoms with Crippen LogP contribution in [0.2, 0.25) is 0 Å². The maximum absolute atomic E-state index is 13.3. The van der Waals surface area contributed by atoms with Crippen LogP contribution >= 0.6 is 0 Å². The molecule has 0 bridgehead atoms. The van der Waals surface area contributed by atoms with Gasteiger partial charge in [0, 0.05) is 30.4 Å². The molecule has 0 spiro atoms. The normalized spacial score (nSPS) is 12.1. The molecule has 0 saturated heterocycles. The molecule has 1 amide bonds. The van der Waals surface area contributed by atoms with Crippen molar-refractivity contribution in [1.82, 2.24) is 25.1 Å². The van der Waals surface area contributed by atoms with E-state index in [1.165, 1.54) is 0 Å². The van der Waals surface area contributed by atoms with E-state index in [0.29, 0.717) is 11.3 Å². The van der Waals surface area contributed by atoms with E-state index >= 15 is 0 Å². The van der Waals surface area contributed by atoms with E-state index in [9.17, 15) is 4.79 Å². The lowest BCUT2D eigenvalue weighted by Gasteiger charge is -2.15. The minimum atomic E-state index is -0.164. The number of pyridine rings is 2. The van der Waals surface area contributed by atoms with Gasteiger partial charge in [0.1, 0.15) is 0 Å². The van der Waals surface area contributed by atoms with Gasteiger partial charge in [-0.1, -0.05) is 17.7 Å². The fraction of sp³-hybridized carbons (Fsp3) is 0.217. The maximum atomic E-state index is 13.3. The lowest BCUT2D eigenvalue weighted by atomic mass is 10.0. The number of rotatable bonds is 4. The lowest BCUT2D eigenvalue weighted by Crippen LogP contribution is -2.27. The van der Waals surface area contributed by atoms with Gasteiger partial charge in [0.2, 0.25) is 0 Å². The van der Waals surface area contributed by atoms with Gasteiger partial charge in [0.05, 0.1) is 34.2 Å². The molecule has 4 aromatic rings. The Morgan fingerprint density at radius 1 is 1.10 bits per heavy atom. The summed E-state index contributed by atoms with van der Waals surface area (Å²) in [5.74, 6) is -0.143. The summed E-state index contributed by atoms with van der Waals surface area (Å²) in [6, 6.07) is 13.3. The molecule has 0 saturated carbocycles. The second-order valence-corrected chi connectivity index (χ2v) is 7.33. The molecule has 0 unspecified atom stereocenters. The highest BCUT2D eigenvalue weighted by atomic mass is 16.1. The number of amides is 1. The first kappa shape index (κ1) is 18.8. The van der Waals surface area contributed by atoms with E-state index in [-0.39, 0.29) is 11.9 Å². The van der Waals surface area contributed by atoms with Gasteiger partial charge in [0.25, 0.3) is 5.91 Å². The molecule has 3 aromatic heterocycles. The molecular formula is C23H23N5O. The third-order valence-electron chi connectivity index (χ3n) is 5.00. The van der Waals surface area contributed by atoms with Crippen LogP contribution in [-0.4, -0.2) is 25.7 Å². The number of aromatic nitrogens is 4. The quantitative estimate of drug-likeness (QED) is 0.573. The Bertz CT molecular complexity index is 1200. The molecule has 0 aliphatic carbocycles. The number of carbonyl (C=O) groups excluding carboxylic acids is 1. The van der Waals surface area contributed by atoms with Gasteiger partial charge in [-0.3, -0.25) is 14.5 Å². The monoisotopic (exact) mass is 385 g/mol. The predicted octanol–water partition coefficient (Wildman–Crippen LogP) is 4.14. The topological polar surface area (TPSA) is 72.7 Å². The van der Waals surface area contributed by atoms with Gasteiger partial charge in [-0.2, -0.15) is 5.10 Å². The average Bonchev–Trinajstić information content (AvgIpc) is 3.06. The molecule has 0 radical (unpaired) electrons. The molecule has 6 heteroatoms. The molecule has 0 aliphatic heterocycles. The number of aryl methyl sites for hydroxylation is 3. The first-order valence-electron chi connectivity index (χ1n) is 9.56. The van der Waals surface area contributed by atoms with Crippen LogP contribution in [0.3, 0.4) is 0 Å². The van der Waals surface area contributed by atoms with E-state index in [1.807, 2.05) is 76.5 Å². The summed E-state index contributed by atoms with van der Waals surface area (Å²) < 4.78 is 1.76. The molecular weight excluding hydrogens is 362 g/mol. The van der Waals surface area contributed by atoms with E-state index in [4.69, 9.17) is 4.98 Å². The number of fused-ring (bicyclic) bond motifs is 1. The van der Waals surface area contributed by atoms with Crippen molar-refractivity contribution < 1.29 is 4.79 Å². The predicted molar refractivity (Wildman–Crippen MR) is 114 cm³/mol. The van der Waals surface area contributed by atoms with Crippen LogP contribution < -0.4 is 5.32 Å². The van der Waals surface area contributed by atoms with Gasteiger partial charge in [-0.25, -0.2) is 4.98 Å². The fourth-order valence-electron chi connectivity index (χ4n) is 3.57. The number of nitrogens with zero attached hydrogens (tertiary/aromatic N) is 4. The lowest BCUT2D eigenvalue weighted by molar-refractivity contribution is 0.0941. The molecule has 0 aliphatic rings. The molecule has 1 atom stereocenters. The number of benzene rings is 1. The molecule has 3 heterocycles. The van der Waals surface area contributed by atoms with E-state index in [2.05, 4.69) is 15.4 Å². The Balaban J connectivity index is 1.77. The Hall–Kier alpha value is -3.54. The van der Waals surface area contributed by atoms with Crippen molar-refractivity contribution in [3.8, 4) is 11.4 Å². The van der Waals surface area contributed by atoms with Crippen LogP contribution in [0.25, 0.3) is 22.3 Å². The minimum absolute atomic E-state index is 0.143. The standard InChI is InChI=1S/C23H23N5O/c1-14-8-9-20-17(11-14)18(12-22(26-20)21-7-5-6-10-24-21)23(29)25-15(2)19-13-28(4)27-16(19)3/h5-13,15H,1-4H3,(H,25,29)/t15-/m1/s1. The summed E-state index contributed by atoms with van der Waals surface area (Å²) >= 11 is 0. The zero-order chi connectivity index (χ0) is 20.5. The largest absolute Gasteiger partial charge is 0.345 e. The fourth-order valence-corrected chi connectivity index (χ4v) is 3.57. The summed E-state index contributed by atoms with van der Waals surface area (Å²) in [6.45, 7) is 5.92. The summed E-state index contributed by atoms with van der Waals surface area (Å²) in [4.78, 5) is 22.4. The van der Waals surface area contributed by atoms with Crippen molar-refractivity contribution in [3.05, 3.63) is 77.2 Å². The summed E-state index contributed by atoms with van der Waals surface area (Å²) in [5, 5.41) is 8.32. The average molecular weight is 385 g/mol. The summed E-state index contributed by atoms with van der Waals surface area (Å²) in [7, 11) is 1.88. The molecule has 1 aromatic carbocycles. The summed E-state index contributed by atoms with van der Waals surface area (Å²) in [6.07, 6.45) is 3.66. The Kier molecular flexibility index (Phi) is 4.84. The van der Waals surface area contributed by atoms with Gasteiger partial charge in [0.15, 0.2) is 0 Å². The van der Waals surface area contributed by atoms with Crippen molar-refractivity contribution in [2.45, 2.75) is 26.8 Å². The van der Waals surface area contributed by atoms with Crippen LogP contribution in [0.1, 0.15) is 40.1 Å². The zero-order valence-electron chi connectivity index (χ0n) is 17.0. The van der Waals surface area contributed by atoms with Crippen LogP contribution in [0.15, 0.2) is 54.9 Å². The number of nitrogens with one attached hydrogen (secondary N) is 1. The highest BCUT2D eigenvalue weighted by molar-refractivity contribution is 6.07. The molecule has 4 rings (SSSR count). The molecule has 0 fully saturated rings. The second-order valence-electron chi connectivity index (χ2n) is 7.33. The summed E-state index contributed by atoms with van der Waals surface area (Å²) in [5.41, 5.74) is 5.76. The van der Waals surface area contributed by atoms with Gasteiger partial charge < -0.3 is 5.32 Å².